The fraction of sp³-hybridized carbons (Fsp3) is 0.238. The molecule has 0 unspecified atom stereocenters. The smallest absolute Gasteiger partial charge is 0.231 e. The van der Waals surface area contributed by atoms with Gasteiger partial charge in [-0.2, -0.15) is 0 Å². The number of anilines is 1. The van der Waals surface area contributed by atoms with E-state index >= 15 is 0 Å². The van der Waals surface area contributed by atoms with Gasteiger partial charge in [-0.3, -0.25) is 0 Å². The summed E-state index contributed by atoms with van der Waals surface area (Å²) in [6.07, 6.45) is 4.52. The van der Waals surface area contributed by atoms with Gasteiger partial charge in [0.15, 0.2) is 11.5 Å². The number of para-hydroxylation sites is 1. The fourth-order valence-corrected chi connectivity index (χ4v) is 5.27. The molecular formula is C21H18ClNO3S. The van der Waals surface area contributed by atoms with Crippen LogP contribution in [0.2, 0.25) is 5.02 Å². The number of furan rings is 1. The number of halogens is 1. The molecule has 0 spiro atoms. The first-order valence-corrected chi connectivity index (χ1v) is 10.1. The lowest BCUT2D eigenvalue weighted by Crippen LogP contribution is -2.23. The van der Waals surface area contributed by atoms with Gasteiger partial charge < -0.3 is 18.8 Å². The van der Waals surface area contributed by atoms with Crippen LogP contribution in [-0.2, 0) is 6.54 Å². The second kappa shape index (κ2) is 7.06. The van der Waals surface area contributed by atoms with Crippen LogP contribution in [0.15, 0.2) is 64.3 Å². The predicted molar refractivity (Wildman–Crippen MR) is 107 cm³/mol. The van der Waals surface area contributed by atoms with Crippen LogP contribution in [0.5, 0.6) is 11.5 Å². The summed E-state index contributed by atoms with van der Waals surface area (Å²) in [4.78, 5) is 3.67. The van der Waals surface area contributed by atoms with Crippen molar-refractivity contribution in [3.8, 4) is 11.5 Å². The average molecular weight is 400 g/mol. The van der Waals surface area contributed by atoms with Crippen molar-refractivity contribution >= 4 is 29.1 Å². The van der Waals surface area contributed by atoms with Crippen molar-refractivity contribution in [2.75, 3.05) is 18.2 Å². The molecule has 1 atom stereocenters. The van der Waals surface area contributed by atoms with E-state index < -0.39 is 0 Å². The van der Waals surface area contributed by atoms with Crippen molar-refractivity contribution in [3.05, 3.63) is 71.1 Å². The van der Waals surface area contributed by atoms with Crippen molar-refractivity contribution < 1.29 is 13.9 Å². The zero-order chi connectivity index (χ0) is 18.2. The van der Waals surface area contributed by atoms with Gasteiger partial charge in [0.1, 0.15) is 0 Å². The Morgan fingerprint density at radius 1 is 1.11 bits per heavy atom. The monoisotopic (exact) mass is 399 g/mol. The zero-order valence-corrected chi connectivity index (χ0v) is 16.1. The number of rotatable bonds is 3. The first kappa shape index (κ1) is 16.9. The van der Waals surface area contributed by atoms with Crippen LogP contribution < -0.4 is 14.4 Å². The minimum absolute atomic E-state index is 0.252. The average Bonchev–Trinajstić information content (AvgIpc) is 3.31. The molecule has 0 fully saturated rings. The summed E-state index contributed by atoms with van der Waals surface area (Å²) in [5, 5.41) is 0.986. The van der Waals surface area contributed by atoms with Crippen LogP contribution >= 0.6 is 23.4 Å². The molecule has 3 heterocycles. The van der Waals surface area contributed by atoms with Gasteiger partial charge in [-0.05, 0) is 36.2 Å². The first-order chi connectivity index (χ1) is 13.3. The van der Waals surface area contributed by atoms with Gasteiger partial charge in [0, 0.05) is 39.9 Å². The minimum atomic E-state index is 0.252. The number of hydrogen-bond acceptors (Lipinski definition) is 5. The normalized spacial score (nSPS) is 18.3. The van der Waals surface area contributed by atoms with Gasteiger partial charge in [0.05, 0.1) is 18.2 Å². The molecule has 0 aliphatic carbocycles. The third-order valence-electron chi connectivity index (χ3n) is 4.93. The number of benzene rings is 2. The molecular weight excluding hydrogens is 382 g/mol. The Labute approximate surface area is 167 Å². The van der Waals surface area contributed by atoms with Crippen molar-refractivity contribution in [1.82, 2.24) is 0 Å². The summed E-state index contributed by atoms with van der Waals surface area (Å²) in [6.45, 7) is 2.02. The van der Waals surface area contributed by atoms with Crippen molar-refractivity contribution in [3.63, 3.8) is 0 Å². The van der Waals surface area contributed by atoms with Gasteiger partial charge in [-0.15, -0.1) is 11.8 Å². The van der Waals surface area contributed by atoms with E-state index in [0.29, 0.717) is 0 Å². The van der Waals surface area contributed by atoms with Crippen LogP contribution in [0.3, 0.4) is 0 Å². The van der Waals surface area contributed by atoms with Crippen LogP contribution in [-0.4, -0.2) is 13.3 Å². The second-order valence-corrected chi connectivity index (χ2v) is 8.29. The summed E-state index contributed by atoms with van der Waals surface area (Å²) < 4.78 is 16.3. The van der Waals surface area contributed by atoms with E-state index in [9.17, 15) is 0 Å². The van der Waals surface area contributed by atoms with E-state index in [4.69, 9.17) is 25.5 Å². The highest BCUT2D eigenvalue weighted by Crippen LogP contribution is 2.49. The zero-order valence-electron chi connectivity index (χ0n) is 14.6. The van der Waals surface area contributed by atoms with E-state index in [1.54, 1.807) is 6.26 Å². The summed E-state index contributed by atoms with van der Waals surface area (Å²) in [6, 6.07) is 14.5. The second-order valence-electron chi connectivity index (χ2n) is 6.64. The number of fused-ring (bicyclic) bond motifs is 2. The van der Waals surface area contributed by atoms with Gasteiger partial charge in [-0.1, -0.05) is 23.7 Å². The van der Waals surface area contributed by atoms with Gasteiger partial charge in [-0.25, -0.2) is 0 Å². The molecule has 0 bridgehead atoms. The molecule has 0 saturated carbocycles. The van der Waals surface area contributed by atoms with Crippen LogP contribution in [0.1, 0.15) is 22.8 Å². The Morgan fingerprint density at radius 2 is 1.96 bits per heavy atom. The van der Waals surface area contributed by atoms with Crippen molar-refractivity contribution in [1.29, 1.82) is 0 Å². The molecule has 138 valence electrons. The number of nitrogens with zero attached hydrogens (tertiary/aromatic N) is 1. The highest BCUT2D eigenvalue weighted by molar-refractivity contribution is 7.99. The largest absolute Gasteiger partial charge is 0.472 e. The predicted octanol–water partition coefficient (Wildman–Crippen LogP) is 5.91. The Balaban J connectivity index is 1.48. The lowest BCUT2D eigenvalue weighted by Gasteiger charge is -2.24. The lowest BCUT2D eigenvalue weighted by atomic mass is 10.1. The molecule has 5 rings (SSSR count). The minimum Gasteiger partial charge on any atom is -0.472 e. The van der Waals surface area contributed by atoms with Crippen LogP contribution in [0, 0.1) is 0 Å². The summed E-state index contributed by atoms with van der Waals surface area (Å²) in [5.74, 6) is 1.51. The maximum Gasteiger partial charge on any atom is 0.231 e. The molecule has 4 nitrogen and oxygen atoms in total. The maximum absolute atomic E-state index is 6.60. The lowest BCUT2D eigenvalue weighted by molar-refractivity contribution is 0.174. The molecule has 2 aromatic carbocycles. The Morgan fingerprint density at radius 3 is 2.81 bits per heavy atom. The Kier molecular flexibility index (Phi) is 4.42. The molecule has 0 N–H and O–H groups in total. The summed E-state index contributed by atoms with van der Waals surface area (Å²) >= 11 is 8.46. The SMILES string of the molecule is Clc1cc2c(cc1[C@H]1CCN(Cc3ccoc3)c3ccccc3S1)OCO2. The number of ether oxygens (including phenoxy) is 2. The summed E-state index contributed by atoms with van der Waals surface area (Å²) in [5.41, 5.74) is 3.53. The molecule has 2 aliphatic rings. The molecule has 6 heteroatoms. The van der Waals surface area contributed by atoms with Gasteiger partial charge >= 0.3 is 0 Å². The Hall–Kier alpha value is -2.24. The number of thioether (sulfide) groups is 1. The quantitative estimate of drug-likeness (QED) is 0.547. The van der Waals surface area contributed by atoms with Crippen molar-refractivity contribution in [2.45, 2.75) is 23.1 Å². The molecule has 0 amide bonds. The summed E-state index contributed by atoms with van der Waals surface area (Å²) in [7, 11) is 0. The fourth-order valence-electron chi connectivity index (χ4n) is 3.59. The molecule has 27 heavy (non-hydrogen) atoms. The highest BCUT2D eigenvalue weighted by atomic mass is 35.5. The third-order valence-corrected chi connectivity index (χ3v) is 6.63. The van der Waals surface area contributed by atoms with Crippen LogP contribution in [0.25, 0.3) is 0 Å². The van der Waals surface area contributed by atoms with Gasteiger partial charge in [0.2, 0.25) is 6.79 Å². The third kappa shape index (κ3) is 3.26. The molecule has 2 aliphatic heterocycles. The maximum atomic E-state index is 6.60. The Bertz CT molecular complexity index is 960. The molecule has 0 saturated heterocycles. The van der Waals surface area contributed by atoms with Crippen molar-refractivity contribution in [2.24, 2.45) is 0 Å². The first-order valence-electron chi connectivity index (χ1n) is 8.89. The highest BCUT2D eigenvalue weighted by Gasteiger charge is 2.27. The standard InChI is InChI=1S/C21H18ClNO3S/c22-16-10-19-18(25-13-26-19)9-15(16)20-5-7-23(11-14-6-8-24-12-14)17-3-1-2-4-21(17)27-20/h1-4,6,8-10,12,20H,5,7,11,13H2/t20-/m1/s1. The van der Waals surface area contributed by atoms with E-state index in [1.807, 2.05) is 36.2 Å². The van der Waals surface area contributed by atoms with Gasteiger partial charge in [0.25, 0.3) is 0 Å². The molecule has 1 aromatic heterocycles. The molecule has 0 radical (unpaired) electrons. The van der Waals surface area contributed by atoms with Crippen LogP contribution in [0.4, 0.5) is 5.69 Å². The van der Waals surface area contributed by atoms with E-state index in [0.717, 1.165) is 41.6 Å². The number of hydrogen-bond donors (Lipinski definition) is 0. The van der Waals surface area contributed by atoms with E-state index in [1.165, 1.54) is 16.1 Å². The molecule has 3 aromatic rings. The van der Waals surface area contributed by atoms with E-state index in [2.05, 4.69) is 29.2 Å². The topological polar surface area (TPSA) is 34.8 Å². The van der Waals surface area contributed by atoms with E-state index in [-0.39, 0.29) is 12.0 Å².